The highest BCUT2D eigenvalue weighted by Gasteiger charge is 2.52. The number of carbonyl (C=O) groups is 1. The monoisotopic (exact) mass is 468 g/mol. The first-order chi connectivity index (χ1) is 15.6. The predicted octanol–water partition coefficient (Wildman–Crippen LogP) is 5.99. The molecular weight excluding hydrogens is 431 g/mol. The normalized spacial score (nSPS) is 21.2. The first-order valence-corrected chi connectivity index (χ1v) is 13.2. The van der Waals surface area contributed by atoms with Crippen molar-refractivity contribution in [2.24, 2.45) is 0 Å². The topological polar surface area (TPSA) is 51.7 Å². The Balaban J connectivity index is 1.70. The van der Waals surface area contributed by atoms with Gasteiger partial charge in [-0.15, -0.1) is 11.3 Å². The molecule has 33 heavy (non-hydrogen) atoms. The molecule has 1 fully saturated rings. The predicted molar refractivity (Wildman–Crippen MR) is 137 cm³/mol. The number of amides is 1. The molecule has 0 aliphatic carbocycles. The van der Waals surface area contributed by atoms with Crippen LogP contribution in [0.2, 0.25) is 0 Å². The van der Waals surface area contributed by atoms with Gasteiger partial charge in [0.25, 0.3) is 5.91 Å². The number of aryl methyl sites for hydroxylation is 1. The van der Waals surface area contributed by atoms with Crippen molar-refractivity contribution >= 4 is 35.5 Å². The summed E-state index contributed by atoms with van der Waals surface area (Å²) in [5.41, 5.74) is 3.12. The summed E-state index contributed by atoms with van der Waals surface area (Å²) < 4.78 is 12.7. The van der Waals surface area contributed by atoms with Crippen LogP contribution in [0.5, 0.6) is 0 Å². The Morgan fingerprint density at radius 2 is 1.76 bits per heavy atom. The molecule has 4 rings (SSSR count). The highest BCUT2D eigenvalue weighted by molar-refractivity contribution is 7.14. The molecule has 1 atom stereocenters. The van der Waals surface area contributed by atoms with Gasteiger partial charge in [0.2, 0.25) is 0 Å². The van der Waals surface area contributed by atoms with Crippen LogP contribution in [0.15, 0.2) is 18.2 Å². The van der Waals surface area contributed by atoms with E-state index >= 15 is 0 Å². The van der Waals surface area contributed by atoms with E-state index in [-0.39, 0.29) is 11.9 Å². The van der Waals surface area contributed by atoms with Crippen molar-refractivity contribution in [3.63, 3.8) is 0 Å². The van der Waals surface area contributed by atoms with Gasteiger partial charge in [-0.1, -0.05) is 45.2 Å². The number of carbonyl (C=O) groups excluding carboxylic acids is 1. The van der Waals surface area contributed by atoms with E-state index in [0.29, 0.717) is 0 Å². The van der Waals surface area contributed by atoms with E-state index in [4.69, 9.17) is 14.3 Å². The minimum absolute atomic E-state index is 0.00803. The number of fused-ring (bicyclic) bond motifs is 1. The number of thiazole rings is 1. The zero-order valence-corrected chi connectivity index (χ0v) is 22.0. The van der Waals surface area contributed by atoms with Crippen molar-refractivity contribution in [3.05, 3.63) is 39.3 Å². The van der Waals surface area contributed by atoms with Crippen molar-refractivity contribution in [1.29, 1.82) is 0 Å². The molecular formula is C26H37BN2O3S. The number of hydrogen-bond donors (Lipinski definition) is 0. The molecule has 3 heterocycles. The van der Waals surface area contributed by atoms with Crippen molar-refractivity contribution < 1.29 is 14.1 Å². The smallest absolute Gasteiger partial charge is 0.399 e. The average Bonchev–Trinajstić information content (AvgIpc) is 3.34. The number of benzene rings is 1. The number of nitrogens with zero attached hydrogens (tertiary/aromatic N) is 2. The van der Waals surface area contributed by atoms with Crippen molar-refractivity contribution in [3.8, 4) is 0 Å². The maximum Gasteiger partial charge on any atom is 0.495 e. The zero-order chi connectivity index (χ0) is 24.0. The molecule has 1 aromatic carbocycles. The van der Waals surface area contributed by atoms with Crippen LogP contribution in [0, 0.1) is 6.92 Å². The Morgan fingerprint density at radius 3 is 2.39 bits per heavy atom. The Kier molecular flexibility index (Phi) is 6.78. The van der Waals surface area contributed by atoms with Crippen LogP contribution in [0.4, 0.5) is 5.69 Å². The molecule has 2 aliphatic rings. The molecule has 1 aromatic heterocycles. The summed E-state index contributed by atoms with van der Waals surface area (Å²) in [4.78, 5) is 21.5. The van der Waals surface area contributed by atoms with Gasteiger partial charge in [-0.2, -0.15) is 0 Å². The third-order valence-electron chi connectivity index (χ3n) is 7.43. The minimum atomic E-state index is -0.449. The number of aromatic nitrogens is 1. The van der Waals surface area contributed by atoms with Crippen LogP contribution in [0.3, 0.4) is 0 Å². The lowest BCUT2D eigenvalue weighted by Gasteiger charge is -2.32. The molecule has 2 aromatic rings. The van der Waals surface area contributed by atoms with Gasteiger partial charge in [-0.3, -0.25) is 9.69 Å². The maximum absolute atomic E-state index is 13.7. The van der Waals surface area contributed by atoms with E-state index in [1.165, 1.54) is 0 Å². The van der Waals surface area contributed by atoms with Crippen LogP contribution in [0.25, 0.3) is 0 Å². The van der Waals surface area contributed by atoms with Crippen molar-refractivity contribution in [2.75, 3.05) is 4.90 Å². The summed E-state index contributed by atoms with van der Waals surface area (Å²) in [7, 11) is -0.449. The van der Waals surface area contributed by atoms with E-state index in [2.05, 4.69) is 60.6 Å². The molecule has 0 radical (unpaired) electrons. The van der Waals surface area contributed by atoms with Crippen LogP contribution >= 0.6 is 11.3 Å². The second kappa shape index (κ2) is 9.16. The first kappa shape index (κ1) is 24.4. The molecule has 0 N–H and O–H groups in total. The molecule has 7 heteroatoms. The molecule has 1 saturated heterocycles. The number of rotatable bonds is 8. The molecule has 2 aliphatic heterocycles. The third-order valence-corrected chi connectivity index (χ3v) is 8.55. The zero-order valence-electron chi connectivity index (χ0n) is 21.2. The van der Waals surface area contributed by atoms with Crippen LogP contribution < -0.4 is 10.4 Å². The van der Waals surface area contributed by atoms with E-state index in [0.717, 1.165) is 70.8 Å². The van der Waals surface area contributed by atoms with Gasteiger partial charge in [0.1, 0.15) is 4.88 Å². The molecule has 178 valence electrons. The highest BCUT2D eigenvalue weighted by atomic mass is 32.1. The first-order valence-electron chi connectivity index (χ1n) is 12.4. The fourth-order valence-electron chi connectivity index (χ4n) is 4.63. The van der Waals surface area contributed by atoms with Crippen molar-refractivity contribution in [2.45, 2.75) is 104 Å². The molecule has 5 nitrogen and oxygen atoms in total. The van der Waals surface area contributed by atoms with E-state index in [1.54, 1.807) is 11.3 Å². The van der Waals surface area contributed by atoms with Crippen LogP contribution in [0.1, 0.15) is 106 Å². The van der Waals surface area contributed by atoms with Gasteiger partial charge in [0.15, 0.2) is 0 Å². The quantitative estimate of drug-likeness (QED) is 0.447. The molecule has 0 bridgehead atoms. The summed E-state index contributed by atoms with van der Waals surface area (Å²) in [5, 5.41) is 1.10. The summed E-state index contributed by atoms with van der Waals surface area (Å²) in [6, 6.07) is 6.11. The van der Waals surface area contributed by atoms with Gasteiger partial charge in [-0.25, -0.2) is 4.98 Å². The van der Waals surface area contributed by atoms with Gasteiger partial charge in [0.05, 0.1) is 27.9 Å². The summed E-state index contributed by atoms with van der Waals surface area (Å²) in [6.45, 7) is 14.7. The van der Waals surface area contributed by atoms with Crippen molar-refractivity contribution in [1.82, 2.24) is 4.98 Å². The van der Waals surface area contributed by atoms with Gasteiger partial charge in [-0.05, 0) is 71.0 Å². The van der Waals surface area contributed by atoms with Crippen LogP contribution in [-0.4, -0.2) is 29.2 Å². The Bertz CT molecular complexity index is 1020. The van der Waals surface area contributed by atoms with Gasteiger partial charge >= 0.3 is 7.12 Å². The minimum Gasteiger partial charge on any atom is -0.399 e. The largest absolute Gasteiger partial charge is 0.495 e. The summed E-state index contributed by atoms with van der Waals surface area (Å²) in [5.74, 6) is 0.0838. The summed E-state index contributed by atoms with van der Waals surface area (Å²) in [6.07, 6.45) is 6.28. The average molecular weight is 468 g/mol. The number of unbranched alkanes of at least 4 members (excludes halogenated alkanes) is 2. The Labute approximate surface area is 203 Å². The Hall–Kier alpha value is -1.70. The van der Waals surface area contributed by atoms with Gasteiger partial charge < -0.3 is 9.31 Å². The highest BCUT2D eigenvalue weighted by Crippen LogP contribution is 2.44. The number of anilines is 1. The third kappa shape index (κ3) is 4.28. The lowest BCUT2D eigenvalue weighted by Crippen LogP contribution is -2.41. The molecule has 0 spiro atoms. The second-order valence-corrected chi connectivity index (χ2v) is 11.4. The fourth-order valence-corrected chi connectivity index (χ4v) is 5.73. The van der Waals surface area contributed by atoms with Crippen LogP contribution in [-0.2, 0) is 15.7 Å². The number of hydrogen-bond acceptors (Lipinski definition) is 5. The Morgan fingerprint density at radius 1 is 1.09 bits per heavy atom. The maximum atomic E-state index is 13.7. The van der Waals surface area contributed by atoms with E-state index in [1.807, 2.05) is 11.0 Å². The molecule has 1 unspecified atom stereocenters. The van der Waals surface area contributed by atoms with E-state index < -0.39 is 18.3 Å². The second-order valence-electron chi connectivity index (χ2n) is 10.3. The molecule has 1 amide bonds. The summed E-state index contributed by atoms with van der Waals surface area (Å²) >= 11 is 1.59. The molecule has 0 saturated carbocycles. The fraction of sp³-hybridized carbons (Fsp3) is 0.615. The SMILES string of the molecule is CCCCc1nc2c(s1)C(=O)N(c1cccc(B3OC(C)(C)C(C)(C)O3)c1C)C2CCCC. The lowest BCUT2D eigenvalue weighted by atomic mass is 9.75. The van der Waals surface area contributed by atoms with E-state index in [9.17, 15) is 4.79 Å². The lowest BCUT2D eigenvalue weighted by molar-refractivity contribution is 0.00578. The standard InChI is InChI=1S/C26H37BN2O3S/c1-8-10-14-20-22-23(33-21(28-22)16-11-9-2)24(30)29(20)19-15-12-13-18(17(19)3)27-31-25(4,5)26(6,7)32-27/h12-13,15,20H,8-11,14,16H2,1-7H3. The van der Waals surface area contributed by atoms with Gasteiger partial charge in [0, 0.05) is 5.69 Å².